The van der Waals surface area contributed by atoms with Crippen LogP contribution in [0.5, 0.6) is 0 Å². The topological polar surface area (TPSA) is 66.0 Å². The molecule has 2 N–H and O–H groups in total. The van der Waals surface area contributed by atoms with E-state index in [9.17, 15) is 4.79 Å². The molecule has 0 atom stereocenters. The molecule has 5 heteroatoms. The Morgan fingerprint density at radius 2 is 2.42 bits per heavy atom. The number of aromatic carboxylic acids is 1. The van der Waals surface area contributed by atoms with Crippen molar-refractivity contribution in [2.24, 2.45) is 0 Å². The van der Waals surface area contributed by atoms with Gasteiger partial charge in [-0.1, -0.05) is 24.9 Å². The number of rotatable bonds is 3. The Labute approximate surface area is 74.5 Å². The third kappa shape index (κ3) is 1.58. The average Bonchev–Trinajstić information content (AvgIpc) is 2.34. The lowest BCUT2D eigenvalue weighted by molar-refractivity contribution is 0.0690. The van der Waals surface area contributed by atoms with E-state index in [0.717, 1.165) is 12.8 Å². The summed E-state index contributed by atoms with van der Waals surface area (Å²) in [4.78, 5) is 10.5. The second-order valence-electron chi connectivity index (χ2n) is 2.42. The zero-order valence-corrected chi connectivity index (χ0v) is 7.35. The van der Waals surface area contributed by atoms with E-state index in [2.05, 4.69) is 10.2 Å². The zero-order valence-electron chi connectivity index (χ0n) is 6.59. The molecule has 4 nitrogen and oxygen atoms in total. The second-order valence-corrected chi connectivity index (χ2v) is 2.80. The number of carboxylic acid groups (broad SMARTS) is 1. The Hall–Kier alpha value is -1.03. The summed E-state index contributed by atoms with van der Waals surface area (Å²) in [5.41, 5.74) is 0.594. The minimum absolute atomic E-state index is 0.0971. The Balaban J connectivity index is 2.96. The molecule has 66 valence electrons. The summed E-state index contributed by atoms with van der Waals surface area (Å²) in [7, 11) is 0. The SMILES string of the molecule is CCCc1[nH]nc(C(=O)O)c1Cl. The summed E-state index contributed by atoms with van der Waals surface area (Å²) >= 11 is 5.72. The Morgan fingerprint density at radius 3 is 2.83 bits per heavy atom. The van der Waals surface area contributed by atoms with Gasteiger partial charge in [0.1, 0.15) is 0 Å². The number of H-pyrrole nitrogens is 1. The van der Waals surface area contributed by atoms with Crippen LogP contribution in [0.4, 0.5) is 0 Å². The lowest BCUT2D eigenvalue weighted by atomic mass is 10.2. The van der Waals surface area contributed by atoms with Gasteiger partial charge >= 0.3 is 5.97 Å². The molecule has 0 saturated carbocycles. The van der Waals surface area contributed by atoms with Crippen molar-refractivity contribution in [1.29, 1.82) is 0 Å². The highest BCUT2D eigenvalue weighted by Gasteiger charge is 2.15. The molecule has 0 saturated heterocycles. The highest BCUT2D eigenvalue weighted by molar-refractivity contribution is 6.33. The number of carbonyl (C=O) groups is 1. The van der Waals surface area contributed by atoms with Crippen molar-refractivity contribution in [3.63, 3.8) is 0 Å². The van der Waals surface area contributed by atoms with E-state index in [0.29, 0.717) is 5.69 Å². The van der Waals surface area contributed by atoms with Crippen molar-refractivity contribution in [1.82, 2.24) is 10.2 Å². The average molecular weight is 189 g/mol. The summed E-state index contributed by atoms with van der Waals surface area (Å²) in [6.07, 6.45) is 1.63. The molecule has 0 amide bonds. The van der Waals surface area contributed by atoms with Gasteiger partial charge in [-0.2, -0.15) is 5.10 Å². The van der Waals surface area contributed by atoms with Crippen LogP contribution in [0.3, 0.4) is 0 Å². The number of nitrogens with zero attached hydrogens (tertiary/aromatic N) is 1. The van der Waals surface area contributed by atoms with E-state index in [1.54, 1.807) is 0 Å². The smallest absolute Gasteiger partial charge is 0.357 e. The molecule has 1 rings (SSSR count). The van der Waals surface area contributed by atoms with Gasteiger partial charge in [0.2, 0.25) is 0 Å². The van der Waals surface area contributed by atoms with Gasteiger partial charge in [0.05, 0.1) is 10.7 Å². The van der Waals surface area contributed by atoms with Crippen LogP contribution < -0.4 is 0 Å². The molecule has 0 fully saturated rings. The molecule has 0 aromatic carbocycles. The van der Waals surface area contributed by atoms with Crippen molar-refractivity contribution in [3.8, 4) is 0 Å². The van der Waals surface area contributed by atoms with E-state index in [1.807, 2.05) is 6.92 Å². The normalized spacial score (nSPS) is 10.2. The number of nitrogens with one attached hydrogen (secondary N) is 1. The molecule has 1 aromatic heterocycles. The minimum atomic E-state index is -1.10. The third-order valence-electron chi connectivity index (χ3n) is 1.48. The first kappa shape index (κ1) is 9.06. The van der Waals surface area contributed by atoms with Crippen molar-refractivity contribution >= 4 is 17.6 Å². The van der Waals surface area contributed by atoms with E-state index in [4.69, 9.17) is 16.7 Å². The van der Waals surface area contributed by atoms with Crippen LogP contribution in [0, 0.1) is 0 Å². The first-order valence-electron chi connectivity index (χ1n) is 3.62. The summed E-state index contributed by atoms with van der Waals surface area (Å²) in [5.74, 6) is -1.10. The third-order valence-corrected chi connectivity index (χ3v) is 1.89. The van der Waals surface area contributed by atoms with Crippen LogP contribution >= 0.6 is 11.6 Å². The molecule has 0 aliphatic carbocycles. The molecule has 0 aliphatic heterocycles. The Kier molecular flexibility index (Phi) is 2.70. The lowest BCUT2D eigenvalue weighted by Crippen LogP contribution is -1.96. The van der Waals surface area contributed by atoms with Crippen LogP contribution in [0.1, 0.15) is 29.5 Å². The number of carboxylic acids is 1. The van der Waals surface area contributed by atoms with Gasteiger partial charge in [0.25, 0.3) is 0 Å². The number of hydrogen-bond donors (Lipinski definition) is 2. The monoisotopic (exact) mass is 188 g/mol. The van der Waals surface area contributed by atoms with Crippen LogP contribution in [-0.4, -0.2) is 21.3 Å². The van der Waals surface area contributed by atoms with Crippen LogP contribution in [-0.2, 0) is 6.42 Å². The molecule has 1 heterocycles. The molecule has 0 bridgehead atoms. The fourth-order valence-corrected chi connectivity index (χ4v) is 1.18. The van der Waals surface area contributed by atoms with Gasteiger partial charge in [-0.05, 0) is 6.42 Å². The fraction of sp³-hybridized carbons (Fsp3) is 0.429. The van der Waals surface area contributed by atoms with E-state index in [1.165, 1.54) is 0 Å². The first-order chi connectivity index (χ1) is 5.66. The standard InChI is InChI=1S/C7H9ClN2O2/c1-2-3-4-5(8)6(7(11)12)10-9-4/h2-3H2,1H3,(H,9,10)(H,11,12). The highest BCUT2D eigenvalue weighted by atomic mass is 35.5. The molecule has 0 aliphatic rings. The minimum Gasteiger partial charge on any atom is -0.476 e. The summed E-state index contributed by atoms with van der Waals surface area (Å²) in [6, 6.07) is 0. The zero-order chi connectivity index (χ0) is 9.14. The van der Waals surface area contributed by atoms with Crippen LogP contribution in [0.15, 0.2) is 0 Å². The maximum Gasteiger partial charge on any atom is 0.357 e. The molecule has 12 heavy (non-hydrogen) atoms. The molecule has 1 aromatic rings. The van der Waals surface area contributed by atoms with Crippen molar-refractivity contribution < 1.29 is 9.90 Å². The quantitative estimate of drug-likeness (QED) is 0.759. The van der Waals surface area contributed by atoms with Gasteiger partial charge in [0.15, 0.2) is 5.69 Å². The lowest BCUT2D eigenvalue weighted by Gasteiger charge is -1.91. The Bertz CT molecular complexity index is 296. The number of hydrogen-bond acceptors (Lipinski definition) is 2. The van der Waals surface area contributed by atoms with Gasteiger partial charge in [-0.3, -0.25) is 5.10 Å². The van der Waals surface area contributed by atoms with Gasteiger partial charge in [0, 0.05) is 0 Å². The highest BCUT2D eigenvalue weighted by Crippen LogP contribution is 2.19. The van der Waals surface area contributed by atoms with Crippen molar-refractivity contribution in [2.75, 3.05) is 0 Å². The van der Waals surface area contributed by atoms with Crippen LogP contribution in [0.25, 0.3) is 0 Å². The maximum atomic E-state index is 10.5. The van der Waals surface area contributed by atoms with Gasteiger partial charge in [-0.25, -0.2) is 4.79 Å². The first-order valence-corrected chi connectivity index (χ1v) is 4.00. The summed E-state index contributed by atoms with van der Waals surface area (Å²) in [5, 5.41) is 15.0. The van der Waals surface area contributed by atoms with E-state index >= 15 is 0 Å². The number of aromatic nitrogens is 2. The van der Waals surface area contributed by atoms with E-state index < -0.39 is 5.97 Å². The number of halogens is 1. The molecular weight excluding hydrogens is 180 g/mol. The molecule has 0 spiro atoms. The largest absolute Gasteiger partial charge is 0.476 e. The predicted molar refractivity (Wildman–Crippen MR) is 44.6 cm³/mol. The van der Waals surface area contributed by atoms with Crippen molar-refractivity contribution in [2.45, 2.75) is 19.8 Å². The van der Waals surface area contributed by atoms with E-state index in [-0.39, 0.29) is 10.7 Å². The van der Waals surface area contributed by atoms with Gasteiger partial charge in [-0.15, -0.1) is 0 Å². The maximum absolute atomic E-state index is 10.5. The van der Waals surface area contributed by atoms with Gasteiger partial charge < -0.3 is 5.11 Å². The Morgan fingerprint density at radius 1 is 1.75 bits per heavy atom. The number of aromatic amines is 1. The predicted octanol–water partition coefficient (Wildman–Crippen LogP) is 1.71. The molecular formula is C7H9ClN2O2. The summed E-state index contributed by atoms with van der Waals surface area (Å²) < 4.78 is 0. The van der Waals surface area contributed by atoms with Crippen molar-refractivity contribution in [3.05, 3.63) is 16.4 Å². The second kappa shape index (κ2) is 3.58. The van der Waals surface area contributed by atoms with Crippen LogP contribution in [0.2, 0.25) is 5.02 Å². The fourth-order valence-electron chi connectivity index (χ4n) is 0.922. The molecule has 0 unspecified atom stereocenters. The number of aryl methyl sites for hydroxylation is 1. The summed E-state index contributed by atoms with van der Waals surface area (Å²) in [6.45, 7) is 1.98. The molecule has 0 radical (unpaired) electrons.